The van der Waals surface area contributed by atoms with Crippen molar-refractivity contribution in [3.8, 4) is 11.4 Å². The van der Waals surface area contributed by atoms with Crippen LogP contribution in [0.1, 0.15) is 27.5 Å². The van der Waals surface area contributed by atoms with E-state index in [0.29, 0.717) is 48.3 Å². The molecule has 3 aromatic heterocycles. The Morgan fingerprint density at radius 3 is 2.65 bits per heavy atom. The molecule has 0 N–H and O–H groups in total. The number of carbonyl (C=O) groups is 1. The fourth-order valence-electron chi connectivity index (χ4n) is 3.84. The van der Waals surface area contributed by atoms with E-state index in [-0.39, 0.29) is 5.91 Å². The molecule has 1 aromatic carbocycles. The van der Waals surface area contributed by atoms with Gasteiger partial charge in [-0.3, -0.25) is 9.69 Å². The van der Waals surface area contributed by atoms with E-state index in [0.717, 1.165) is 18.7 Å². The summed E-state index contributed by atoms with van der Waals surface area (Å²) in [6, 6.07) is 9.84. The maximum Gasteiger partial charge on any atom is 0.259 e. The van der Waals surface area contributed by atoms with Crippen LogP contribution in [0.2, 0.25) is 0 Å². The molecule has 0 atom stereocenters. The third-order valence-electron chi connectivity index (χ3n) is 5.58. The molecule has 0 aliphatic carbocycles. The Balaban J connectivity index is 1.22. The minimum absolute atomic E-state index is 0.0229. The van der Waals surface area contributed by atoms with E-state index in [1.165, 1.54) is 5.56 Å². The van der Waals surface area contributed by atoms with Crippen molar-refractivity contribution < 1.29 is 9.32 Å². The lowest BCUT2D eigenvalue weighted by atomic mass is 10.1. The maximum absolute atomic E-state index is 13.1. The minimum atomic E-state index is -0.0229. The molecule has 0 radical (unpaired) electrons. The number of hydrogen-bond acceptors (Lipinski definition) is 7. The predicted molar refractivity (Wildman–Crippen MR) is 113 cm³/mol. The van der Waals surface area contributed by atoms with Crippen molar-refractivity contribution in [1.29, 1.82) is 0 Å². The Bertz CT molecular complexity index is 1220. The van der Waals surface area contributed by atoms with Gasteiger partial charge in [-0.15, -0.1) is 0 Å². The summed E-state index contributed by atoms with van der Waals surface area (Å²) in [6.45, 7) is 7.18. The van der Waals surface area contributed by atoms with Crippen molar-refractivity contribution in [2.75, 3.05) is 26.2 Å². The molecule has 5 rings (SSSR count). The fraction of sp³-hybridized carbons (Fsp3) is 0.318. The van der Waals surface area contributed by atoms with Crippen molar-refractivity contribution in [1.82, 2.24) is 34.5 Å². The number of piperazine rings is 1. The van der Waals surface area contributed by atoms with Crippen LogP contribution in [0, 0.1) is 13.8 Å². The number of fused-ring (bicyclic) bond motifs is 1. The Labute approximate surface area is 179 Å². The first-order valence-corrected chi connectivity index (χ1v) is 10.3. The SMILES string of the molecule is Cc1ccc(-c2noc(CN3CCN(C(=O)c4c(C)nn5cccnc45)CC3)n2)cc1. The van der Waals surface area contributed by atoms with Crippen LogP contribution in [0.25, 0.3) is 17.0 Å². The largest absolute Gasteiger partial charge is 0.338 e. The number of hydrogen-bond donors (Lipinski definition) is 0. The highest BCUT2D eigenvalue weighted by atomic mass is 16.5. The first kappa shape index (κ1) is 19.4. The second-order valence-corrected chi connectivity index (χ2v) is 7.79. The monoisotopic (exact) mass is 417 g/mol. The number of carbonyl (C=O) groups excluding carboxylic acids is 1. The van der Waals surface area contributed by atoms with Gasteiger partial charge in [-0.25, -0.2) is 9.50 Å². The third-order valence-corrected chi connectivity index (χ3v) is 5.58. The average molecular weight is 417 g/mol. The molecular weight excluding hydrogens is 394 g/mol. The number of rotatable bonds is 4. The Morgan fingerprint density at radius 1 is 1.10 bits per heavy atom. The van der Waals surface area contributed by atoms with Crippen LogP contribution >= 0.6 is 0 Å². The number of benzene rings is 1. The predicted octanol–water partition coefficient (Wildman–Crippen LogP) is 2.35. The number of aryl methyl sites for hydroxylation is 2. The van der Waals surface area contributed by atoms with Crippen molar-refractivity contribution in [3.05, 3.63) is 65.4 Å². The van der Waals surface area contributed by atoms with E-state index in [4.69, 9.17) is 4.52 Å². The molecule has 4 aromatic rings. The molecule has 1 aliphatic rings. The lowest BCUT2D eigenvalue weighted by Crippen LogP contribution is -2.48. The van der Waals surface area contributed by atoms with Gasteiger partial charge in [-0.1, -0.05) is 35.0 Å². The highest BCUT2D eigenvalue weighted by Gasteiger charge is 2.27. The zero-order chi connectivity index (χ0) is 21.4. The lowest BCUT2D eigenvalue weighted by Gasteiger charge is -2.33. The standard InChI is InChI=1S/C22H23N7O2/c1-15-4-6-17(7-5-15)20-24-18(31-26-20)14-27-10-12-28(13-11-27)22(30)19-16(2)25-29-9-3-8-23-21(19)29/h3-9H,10-14H2,1-2H3. The van der Waals surface area contributed by atoms with Crippen LogP contribution in [-0.4, -0.2) is 66.6 Å². The quantitative estimate of drug-likeness (QED) is 0.503. The fourth-order valence-corrected chi connectivity index (χ4v) is 3.84. The molecule has 0 bridgehead atoms. The van der Waals surface area contributed by atoms with Crippen LogP contribution in [0.3, 0.4) is 0 Å². The van der Waals surface area contributed by atoms with Crippen LogP contribution in [0.15, 0.2) is 47.2 Å². The number of nitrogens with zero attached hydrogens (tertiary/aromatic N) is 7. The Hall–Kier alpha value is -3.59. The van der Waals surface area contributed by atoms with Gasteiger partial charge in [-0.05, 0) is 19.9 Å². The minimum Gasteiger partial charge on any atom is -0.338 e. The summed E-state index contributed by atoms with van der Waals surface area (Å²) in [5.74, 6) is 1.16. The van der Waals surface area contributed by atoms with Crippen molar-refractivity contribution in [2.45, 2.75) is 20.4 Å². The molecule has 31 heavy (non-hydrogen) atoms. The van der Waals surface area contributed by atoms with Crippen molar-refractivity contribution >= 4 is 11.6 Å². The molecule has 1 aliphatic heterocycles. The van der Waals surface area contributed by atoms with Gasteiger partial charge in [0.15, 0.2) is 5.65 Å². The summed E-state index contributed by atoms with van der Waals surface area (Å²) in [7, 11) is 0. The Kier molecular flexibility index (Phi) is 4.95. The molecule has 158 valence electrons. The van der Waals surface area contributed by atoms with Crippen molar-refractivity contribution in [2.24, 2.45) is 0 Å². The van der Waals surface area contributed by atoms with Gasteiger partial charge >= 0.3 is 0 Å². The molecule has 0 unspecified atom stereocenters. The zero-order valence-electron chi connectivity index (χ0n) is 17.5. The summed E-state index contributed by atoms with van der Waals surface area (Å²) >= 11 is 0. The topological polar surface area (TPSA) is 92.7 Å². The van der Waals surface area contributed by atoms with E-state index in [1.807, 2.05) is 43.0 Å². The van der Waals surface area contributed by atoms with Gasteiger partial charge < -0.3 is 9.42 Å². The van der Waals surface area contributed by atoms with Crippen LogP contribution < -0.4 is 0 Å². The van der Waals surface area contributed by atoms with E-state index < -0.39 is 0 Å². The van der Waals surface area contributed by atoms with Gasteiger partial charge in [0, 0.05) is 44.1 Å². The molecule has 1 saturated heterocycles. The Morgan fingerprint density at radius 2 is 1.87 bits per heavy atom. The third kappa shape index (κ3) is 3.79. The van der Waals surface area contributed by atoms with Gasteiger partial charge in [0.25, 0.3) is 5.91 Å². The molecule has 4 heterocycles. The summed E-state index contributed by atoms with van der Waals surface area (Å²) in [5.41, 5.74) is 4.00. The highest BCUT2D eigenvalue weighted by Crippen LogP contribution is 2.19. The maximum atomic E-state index is 13.1. The summed E-state index contributed by atoms with van der Waals surface area (Å²) in [6.07, 6.45) is 3.49. The lowest BCUT2D eigenvalue weighted by molar-refractivity contribution is 0.0616. The van der Waals surface area contributed by atoms with Crippen LogP contribution in [0.4, 0.5) is 0 Å². The number of amides is 1. The molecule has 9 heteroatoms. The van der Waals surface area contributed by atoms with Crippen LogP contribution in [0.5, 0.6) is 0 Å². The molecular formula is C22H23N7O2. The normalized spacial score (nSPS) is 15.0. The van der Waals surface area contributed by atoms with Gasteiger partial charge in [-0.2, -0.15) is 10.1 Å². The van der Waals surface area contributed by atoms with E-state index in [9.17, 15) is 4.79 Å². The smallest absolute Gasteiger partial charge is 0.259 e. The van der Waals surface area contributed by atoms with Gasteiger partial charge in [0.05, 0.1) is 12.2 Å². The molecule has 1 amide bonds. The van der Waals surface area contributed by atoms with Crippen LogP contribution in [-0.2, 0) is 6.54 Å². The van der Waals surface area contributed by atoms with E-state index in [2.05, 4.69) is 25.1 Å². The molecule has 1 fully saturated rings. The second kappa shape index (κ2) is 7.92. The summed E-state index contributed by atoms with van der Waals surface area (Å²) in [5, 5.41) is 8.50. The number of aromatic nitrogens is 5. The molecule has 0 saturated carbocycles. The van der Waals surface area contributed by atoms with E-state index >= 15 is 0 Å². The molecule has 9 nitrogen and oxygen atoms in total. The molecule has 0 spiro atoms. The van der Waals surface area contributed by atoms with Crippen molar-refractivity contribution in [3.63, 3.8) is 0 Å². The first-order valence-electron chi connectivity index (χ1n) is 10.3. The summed E-state index contributed by atoms with van der Waals surface area (Å²) < 4.78 is 7.10. The average Bonchev–Trinajstić information content (AvgIpc) is 3.38. The highest BCUT2D eigenvalue weighted by molar-refractivity contribution is 6.01. The summed E-state index contributed by atoms with van der Waals surface area (Å²) in [4.78, 5) is 26.1. The van der Waals surface area contributed by atoms with E-state index in [1.54, 1.807) is 23.0 Å². The first-order chi connectivity index (χ1) is 15.1. The zero-order valence-corrected chi connectivity index (χ0v) is 17.5. The second-order valence-electron chi connectivity index (χ2n) is 7.79. The van der Waals surface area contributed by atoms with Gasteiger partial charge in [0.2, 0.25) is 11.7 Å². The van der Waals surface area contributed by atoms with Gasteiger partial charge in [0.1, 0.15) is 5.56 Å².